The van der Waals surface area contributed by atoms with Crippen molar-refractivity contribution < 1.29 is 14.0 Å². The number of hydrogen-bond donors (Lipinski definition) is 4. The van der Waals surface area contributed by atoms with Crippen LogP contribution in [0.3, 0.4) is 0 Å². The summed E-state index contributed by atoms with van der Waals surface area (Å²) in [5, 5.41) is 6.20. The fourth-order valence-electron chi connectivity index (χ4n) is 3.68. The summed E-state index contributed by atoms with van der Waals surface area (Å²) in [7, 11) is 0. The van der Waals surface area contributed by atoms with Crippen LogP contribution >= 0.6 is 0 Å². The SMILES string of the molecule is O=C(NC1CC1)C1CNCCN1C(=O)C1CNNC1c1cccc(F)c1. The fraction of sp³-hybridized carbons (Fsp3) is 0.556. The number of carbonyl (C=O) groups excluding carboxylic acids is 2. The predicted octanol–water partition coefficient (Wildman–Crippen LogP) is -0.330. The molecule has 4 rings (SSSR count). The number of hydrazine groups is 1. The zero-order chi connectivity index (χ0) is 18.1. The Hall–Kier alpha value is -2.03. The average molecular weight is 361 g/mol. The Bertz CT molecular complexity index is 696. The van der Waals surface area contributed by atoms with E-state index in [1.54, 1.807) is 11.0 Å². The molecule has 2 amide bonds. The van der Waals surface area contributed by atoms with Gasteiger partial charge >= 0.3 is 0 Å². The van der Waals surface area contributed by atoms with Crippen LogP contribution in [-0.2, 0) is 9.59 Å². The molecular formula is C18H24FN5O2. The molecule has 0 radical (unpaired) electrons. The standard InChI is InChI=1S/C18H24FN5O2/c19-12-3-1-2-11(8-12)16-14(9-21-23-16)18(26)24-7-6-20-10-15(24)17(25)22-13-4-5-13/h1-3,8,13-16,20-21,23H,4-7,9-10H2,(H,22,25). The molecular weight excluding hydrogens is 337 g/mol. The van der Waals surface area contributed by atoms with Crippen LogP contribution in [0.2, 0.25) is 0 Å². The monoisotopic (exact) mass is 361 g/mol. The number of piperazine rings is 1. The molecule has 2 aliphatic heterocycles. The maximum atomic E-state index is 13.6. The summed E-state index contributed by atoms with van der Waals surface area (Å²) < 4.78 is 13.6. The highest BCUT2D eigenvalue weighted by Crippen LogP contribution is 2.28. The van der Waals surface area contributed by atoms with Crippen molar-refractivity contribution in [3.8, 4) is 0 Å². The highest BCUT2D eigenvalue weighted by Gasteiger charge is 2.41. The molecule has 0 aromatic heterocycles. The van der Waals surface area contributed by atoms with E-state index in [1.807, 2.05) is 6.07 Å². The van der Waals surface area contributed by atoms with Gasteiger partial charge in [-0.3, -0.25) is 15.0 Å². The van der Waals surface area contributed by atoms with Gasteiger partial charge in [-0.2, -0.15) is 0 Å². The van der Waals surface area contributed by atoms with Crippen LogP contribution in [0.4, 0.5) is 4.39 Å². The number of nitrogens with zero attached hydrogens (tertiary/aromatic N) is 1. The van der Waals surface area contributed by atoms with Crippen molar-refractivity contribution >= 4 is 11.8 Å². The van der Waals surface area contributed by atoms with Gasteiger partial charge in [-0.15, -0.1) is 0 Å². The van der Waals surface area contributed by atoms with E-state index in [4.69, 9.17) is 0 Å². The van der Waals surface area contributed by atoms with Crippen molar-refractivity contribution in [3.63, 3.8) is 0 Å². The van der Waals surface area contributed by atoms with Crippen LogP contribution < -0.4 is 21.5 Å². The lowest BCUT2D eigenvalue weighted by molar-refractivity contribution is -0.144. The predicted molar refractivity (Wildman–Crippen MR) is 93.3 cm³/mol. The molecule has 1 aromatic carbocycles. The molecule has 0 bridgehead atoms. The maximum absolute atomic E-state index is 13.6. The fourth-order valence-corrected chi connectivity index (χ4v) is 3.68. The first-order valence-electron chi connectivity index (χ1n) is 9.19. The minimum Gasteiger partial charge on any atom is -0.352 e. The zero-order valence-corrected chi connectivity index (χ0v) is 14.5. The van der Waals surface area contributed by atoms with Crippen molar-refractivity contribution in [1.29, 1.82) is 0 Å². The summed E-state index contributed by atoms with van der Waals surface area (Å²) in [5.74, 6) is -0.874. The molecule has 2 heterocycles. The highest BCUT2D eigenvalue weighted by atomic mass is 19.1. The molecule has 1 aliphatic carbocycles. The Morgan fingerprint density at radius 3 is 2.85 bits per heavy atom. The van der Waals surface area contributed by atoms with E-state index in [-0.39, 0.29) is 35.6 Å². The second kappa shape index (κ2) is 7.30. The largest absolute Gasteiger partial charge is 0.352 e. The van der Waals surface area contributed by atoms with Crippen LogP contribution in [0.15, 0.2) is 24.3 Å². The van der Waals surface area contributed by atoms with Crippen molar-refractivity contribution in [1.82, 2.24) is 26.4 Å². The third kappa shape index (κ3) is 3.58. The molecule has 2 saturated heterocycles. The van der Waals surface area contributed by atoms with Crippen molar-refractivity contribution in [2.24, 2.45) is 5.92 Å². The molecule has 3 atom stereocenters. The molecule has 7 nitrogen and oxygen atoms in total. The molecule has 140 valence electrons. The first-order chi connectivity index (χ1) is 12.6. The average Bonchev–Trinajstić information content (AvgIpc) is 3.33. The van der Waals surface area contributed by atoms with E-state index in [0.29, 0.717) is 26.2 Å². The summed E-state index contributed by atoms with van der Waals surface area (Å²) in [6.07, 6.45) is 2.02. The van der Waals surface area contributed by atoms with Gasteiger partial charge in [-0.05, 0) is 30.5 Å². The molecule has 3 fully saturated rings. The van der Waals surface area contributed by atoms with Crippen molar-refractivity contribution in [2.45, 2.75) is 31.0 Å². The van der Waals surface area contributed by atoms with Gasteiger partial charge in [-0.25, -0.2) is 9.82 Å². The van der Waals surface area contributed by atoms with Crippen molar-refractivity contribution in [2.75, 3.05) is 26.2 Å². The van der Waals surface area contributed by atoms with Crippen molar-refractivity contribution in [3.05, 3.63) is 35.6 Å². The number of halogens is 1. The molecule has 3 aliphatic rings. The number of rotatable bonds is 4. The number of carbonyl (C=O) groups is 2. The Labute approximate surface area is 151 Å². The Morgan fingerprint density at radius 2 is 2.08 bits per heavy atom. The zero-order valence-electron chi connectivity index (χ0n) is 14.5. The molecule has 4 N–H and O–H groups in total. The third-order valence-electron chi connectivity index (χ3n) is 5.26. The van der Waals surface area contributed by atoms with Gasteiger partial charge in [0.1, 0.15) is 11.9 Å². The van der Waals surface area contributed by atoms with Crippen LogP contribution in [-0.4, -0.2) is 55.0 Å². The van der Waals surface area contributed by atoms with Crippen LogP contribution in [0, 0.1) is 11.7 Å². The second-order valence-corrected chi connectivity index (χ2v) is 7.20. The number of hydrogen-bond acceptors (Lipinski definition) is 5. The van der Waals surface area contributed by atoms with Gasteiger partial charge in [0, 0.05) is 32.2 Å². The van der Waals surface area contributed by atoms with E-state index in [1.165, 1.54) is 12.1 Å². The number of nitrogens with one attached hydrogen (secondary N) is 4. The lowest BCUT2D eigenvalue weighted by Crippen LogP contribution is -2.61. The second-order valence-electron chi connectivity index (χ2n) is 7.20. The first kappa shape index (κ1) is 17.4. The van der Waals surface area contributed by atoms with Crippen LogP contribution in [0.1, 0.15) is 24.4 Å². The van der Waals surface area contributed by atoms with E-state index in [2.05, 4.69) is 21.5 Å². The topological polar surface area (TPSA) is 85.5 Å². The highest BCUT2D eigenvalue weighted by molar-refractivity contribution is 5.90. The summed E-state index contributed by atoms with van der Waals surface area (Å²) in [4.78, 5) is 27.5. The summed E-state index contributed by atoms with van der Waals surface area (Å²) in [5.41, 5.74) is 6.81. The minimum absolute atomic E-state index is 0.0748. The number of benzene rings is 1. The third-order valence-corrected chi connectivity index (χ3v) is 5.26. The maximum Gasteiger partial charge on any atom is 0.244 e. The minimum atomic E-state index is -0.495. The molecule has 1 saturated carbocycles. The van der Waals surface area contributed by atoms with Gasteiger partial charge in [0.25, 0.3) is 0 Å². The molecule has 3 unspecified atom stereocenters. The lowest BCUT2D eigenvalue weighted by Gasteiger charge is -2.37. The summed E-state index contributed by atoms with van der Waals surface area (Å²) >= 11 is 0. The quantitative estimate of drug-likeness (QED) is 0.590. The first-order valence-corrected chi connectivity index (χ1v) is 9.19. The molecule has 0 spiro atoms. The van der Waals surface area contributed by atoms with E-state index >= 15 is 0 Å². The Balaban J connectivity index is 1.51. The van der Waals surface area contributed by atoms with Gasteiger partial charge < -0.3 is 15.5 Å². The Kier molecular flexibility index (Phi) is 4.88. The van der Waals surface area contributed by atoms with Crippen LogP contribution in [0.5, 0.6) is 0 Å². The summed E-state index contributed by atoms with van der Waals surface area (Å²) in [6, 6.07) is 5.73. The number of amides is 2. The van der Waals surface area contributed by atoms with Gasteiger partial charge in [0.15, 0.2) is 0 Å². The summed E-state index contributed by atoms with van der Waals surface area (Å²) in [6.45, 7) is 2.06. The smallest absolute Gasteiger partial charge is 0.244 e. The Morgan fingerprint density at radius 1 is 1.23 bits per heavy atom. The molecule has 1 aromatic rings. The lowest BCUT2D eigenvalue weighted by atomic mass is 9.92. The van der Waals surface area contributed by atoms with Crippen LogP contribution in [0.25, 0.3) is 0 Å². The molecule has 8 heteroatoms. The normalized spacial score (nSPS) is 28.8. The van der Waals surface area contributed by atoms with E-state index in [9.17, 15) is 14.0 Å². The van der Waals surface area contributed by atoms with Gasteiger partial charge in [-0.1, -0.05) is 12.1 Å². The van der Waals surface area contributed by atoms with E-state index < -0.39 is 6.04 Å². The molecule has 26 heavy (non-hydrogen) atoms. The van der Waals surface area contributed by atoms with Gasteiger partial charge in [0.2, 0.25) is 11.8 Å². The van der Waals surface area contributed by atoms with Gasteiger partial charge in [0.05, 0.1) is 12.0 Å². The van der Waals surface area contributed by atoms with E-state index in [0.717, 1.165) is 18.4 Å².